The number of phenols is 2. The molecule has 744 valence electrons. The summed E-state index contributed by atoms with van der Waals surface area (Å²) in [6, 6.07) is 45.0. The van der Waals surface area contributed by atoms with Gasteiger partial charge in [-0.3, -0.25) is 52.0 Å². The largest absolute Gasteiger partial charge is 0.508 e. The normalized spacial score (nSPS) is 12.4. The number of hydrogen-bond acceptors (Lipinski definition) is 31. The van der Waals surface area contributed by atoms with E-state index in [1.54, 1.807) is 79.7 Å². The summed E-state index contributed by atoms with van der Waals surface area (Å²) in [6.45, 7) is 22.9. The molecule has 0 amide bonds. The van der Waals surface area contributed by atoms with Gasteiger partial charge in [-0.05, 0) is 179 Å². The Morgan fingerprint density at radius 3 is 0.629 bits per heavy atom. The van der Waals surface area contributed by atoms with Gasteiger partial charge in [0, 0.05) is 0 Å². The van der Waals surface area contributed by atoms with Crippen LogP contribution in [-0.4, -0.2) is 192 Å². The van der Waals surface area contributed by atoms with Crippen molar-refractivity contribution in [2.24, 2.45) is 69.7 Å². The van der Waals surface area contributed by atoms with Crippen LogP contribution in [0.25, 0.3) is 0 Å². The van der Waals surface area contributed by atoms with Gasteiger partial charge in [-0.1, -0.05) is 223 Å². The Morgan fingerprint density at radius 2 is 0.439 bits per heavy atom. The first kappa shape index (κ1) is 130. The highest BCUT2D eigenvalue weighted by atomic mass is 35.5. The van der Waals surface area contributed by atoms with Crippen LogP contribution >= 0.6 is 24.8 Å². The standard InChI is InChI=1S/C21H25NO6.C20H24N2O4.2C14H28N2O4.3C7H8O3S.3CH4.2ClH/c1-14(12-15-2-6-17(23)7-3-15)20(25)27-10-11-28-21(26)19(22)13-16-4-8-18(24)9-5-16;21-17(13-15-7-3-1-4-8-15)19(23)25-11-12-26-20(24)18(22)14-16-9-5-2-6-10-16;2*1-9(2)7-11(15)13(17)19-5-6-20-14(18)12(16)8-10(3)4;3*1-6-2-4-7(5-3-6)11(8,9)10;;;;;/h2-9,14,19,23-24H,10-13,22H2,1H3;1-10,17-18H,11-14,21-22H2;2*9-12H,5-8,15-16H2,1-4H3;3*2-5H,1H3,(H,8,9,10);3*1H4;2*1H. The molecule has 8 unspecified atom stereocenters. The van der Waals surface area contributed by atoms with Gasteiger partial charge in [0.2, 0.25) is 0 Å². The smallest absolute Gasteiger partial charge is 0.323 e. The maximum Gasteiger partial charge on any atom is 0.323 e. The second-order valence-electron chi connectivity index (χ2n) is 31.0. The van der Waals surface area contributed by atoms with E-state index in [-0.39, 0.29) is 138 Å². The van der Waals surface area contributed by atoms with Crippen molar-refractivity contribution >= 4 is 103 Å². The fourth-order valence-electron chi connectivity index (χ4n) is 10.5. The summed E-state index contributed by atoms with van der Waals surface area (Å²) >= 11 is 0. The van der Waals surface area contributed by atoms with E-state index in [2.05, 4.69) is 0 Å². The predicted molar refractivity (Wildman–Crippen MR) is 512 cm³/mol. The lowest BCUT2D eigenvalue weighted by Crippen LogP contribution is -2.36. The van der Waals surface area contributed by atoms with E-state index in [9.17, 15) is 73.8 Å². The van der Waals surface area contributed by atoms with Crippen molar-refractivity contribution in [3.05, 3.63) is 221 Å². The first-order valence-corrected chi connectivity index (χ1v) is 45.1. The number of hydrogen-bond donors (Lipinski definition) is 12. The number of carbonyl (C=O) groups excluding carboxylic acids is 8. The van der Waals surface area contributed by atoms with Crippen LogP contribution in [0.5, 0.6) is 11.5 Å². The third kappa shape index (κ3) is 61.6. The lowest BCUT2D eigenvalue weighted by molar-refractivity contribution is -0.155. The zero-order chi connectivity index (χ0) is 96.2. The van der Waals surface area contributed by atoms with Crippen LogP contribution in [0.1, 0.15) is 149 Å². The number of carbonyl (C=O) groups is 8. The van der Waals surface area contributed by atoms with Gasteiger partial charge in [-0.2, -0.15) is 25.3 Å². The number of nitrogens with two attached hydrogens (primary N) is 7. The van der Waals surface area contributed by atoms with Crippen molar-refractivity contribution in [2.75, 3.05) is 52.9 Å². The van der Waals surface area contributed by atoms with E-state index in [0.29, 0.717) is 68.6 Å². The van der Waals surface area contributed by atoms with Crippen LogP contribution in [0.3, 0.4) is 0 Å². The molecule has 0 saturated heterocycles. The molecule has 8 atom stereocenters. The van der Waals surface area contributed by atoms with Crippen LogP contribution in [0.4, 0.5) is 0 Å². The van der Waals surface area contributed by atoms with Crippen molar-refractivity contribution in [3.8, 4) is 11.5 Å². The highest BCUT2D eigenvalue weighted by molar-refractivity contribution is 7.86. The zero-order valence-electron chi connectivity index (χ0n) is 74.9. The van der Waals surface area contributed by atoms with E-state index in [1.165, 1.54) is 48.5 Å². The molecule has 0 heterocycles. The molecule has 0 aliphatic carbocycles. The molecule has 34 nitrogen and oxygen atoms in total. The van der Waals surface area contributed by atoms with E-state index < -0.39 is 120 Å². The van der Waals surface area contributed by atoms with Crippen LogP contribution in [-0.2, 0) is 132 Å². The van der Waals surface area contributed by atoms with Gasteiger partial charge >= 0.3 is 47.8 Å². The third-order valence-electron chi connectivity index (χ3n) is 17.1. The summed E-state index contributed by atoms with van der Waals surface area (Å²) in [5.41, 5.74) is 46.6. The molecule has 19 N–H and O–H groups in total. The maximum absolute atomic E-state index is 12.0. The fourth-order valence-corrected chi connectivity index (χ4v) is 12.0. The van der Waals surface area contributed by atoms with E-state index in [1.807, 2.05) is 137 Å². The Bertz CT molecular complexity index is 4320. The maximum atomic E-state index is 12.0. The topological polar surface area (TPSA) is 596 Å². The lowest BCUT2D eigenvalue weighted by Gasteiger charge is -2.15. The number of aromatic hydroxyl groups is 2. The van der Waals surface area contributed by atoms with Crippen LogP contribution in [0.15, 0.2) is 197 Å². The van der Waals surface area contributed by atoms with Crippen molar-refractivity contribution in [3.63, 3.8) is 0 Å². The molecule has 0 bridgehead atoms. The molecule has 7 aromatic carbocycles. The second kappa shape index (κ2) is 69.7. The monoisotopic (exact) mass is 1960 g/mol. The highest BCUT2D eigenvalue weighted by Crippen LogP contribution is 2.18. The van der Waals surface area contributed by atoms with Crippen molar-refractivity contribution in [2.45, 2.75) is 214 Å². The molecule has 7 rings (SSSR count). The number of benzene rings is 7. The highest BCUT2D eigenvalue weighted by Gasteiger charge is 2.24. The van der Waals surface area contributed by atoms with Crippen LogP contribution < -0.4 is 40.1 Å². The van der Waals surface area contributed by atoms with Crippen molar-refractivity contribution in [1.82, 2.24) is 0 Å². The first-order valence-electron chi connectivity index (χ1n) is 40.8. The second-order valence-corrected chi connectivity index (χ2v) is 35.3. The molecular weight excluding hydrogens is 1810 g/mol. The molecular formula is C93H143Cl2N7O27S3. The molecule has 0 aromatic heterocycles. The average Bonchev–Trinajstić information content (AvgIpc) is 0.873. The first-order chi connectivity index (χ1) is 59.4. The minimum Gasteiger partial charge on any atom is -0.508 e. The Labute approximate surface area is 792 Å². The summed E-state index contributed by atoms with van der Waals surface area (Å²) in [6.07, 6.45) is 3.81. The number of aryl methyl sites for hydroxylation is 3. The summed E-state index contributed by atoms with van der Waals surface area (Å²) in [7, 11) is -12.1. The summed E-state index contributed by atoms with van der Waals surface area (Å²) in [5, 5.41) is 18.5. The Kier molecular flexibility index (Phi) is 68.9. The summed E-state index contributed by atoms with van der Waals surface area (Å²) < 4.78 is 129. The van der Waals surface area contributed by atoms with E-state index in [0.717, 1.165) is 38.9 Å². The van der Waals surface area contributed by atoms with Gasteiger partial charge in [-0.15, -0.1) is 24.8 Å². The SMILES string of the molecule is C.C.C.CC(C)CC(N)C(=O)OCCOC(=O)C(N)CC(C)C.CC(C)CC(N)C(=O)OCCOC(=O)C(N)CC(C)C.CC(Cc1ccc(O)cc1)C(=O)OCCOC(=O)C(N)Cc1ccc(O)cc1.Cc1ccc(S(=O)(=O)O)cc1.Cc1ccc(S(=O)(=O)O)cc1.Cc1ccc(S(=O)(=O)O)cc1.Cl.Cl.NC(Cc1ccccc1)C(=O)OCCOC(=O)C(N)Cc1ccccc1. The quantitative estimate of drug-likeness (QED) is 0.00737. The lowest BCUT2D eigenvalue weighted by atomic mass is 10.0. The van der Waals surface area contributed by atoms with Gasteiger partial charge < -0.3 is 88.2 Å². The molecule has 7 aromatic rings. The fraction of sp³-hybridized carbons (Fsp3) is 0.462. The van der Waals surface area contributed by atoms with Crippen molar-refractivity contribution < 1.29 is 125 Å². The Hall–Kier alpha value is -10.1. The molecule has 0 aliphatic heterocycles. The average molecular weight is 1960 g/mol. The number of rotatable bonds is 39. The summed E-state index contributed by atoms with van der Waals surface area (Å²) in [4.78, 5) is 93.4. The Balaban J connectivity index is -0.000000485. The van der Waals surface area contributed by atoms with Gasteiger partial charge in [0.05, 0.1) is 20.6 Å². The zero-order valence-corrected chi connectivity index (χ0v) is 78.9. The molecule has 0 fully saturated rings. The molecule has 39 heteroatoms. The predicted octanol–water partition coefficient (Wildman–Crippen LogP) is 11.3. The number of phenolic OH excluding ortho intramolecular Hbond substituents is 2. The molecule has 0 spiro atoms. The molecule has 0 radical (unpaired) electrons. The number of halogens is 2. The number of esters is 8. The van der Waals surface area contributed by atoms with Crippen molar-refractivity contribution in [1.29, 1.82) is 0 Å². The van der Waals surface area contributed by atoms with Crippen LogP contribution in [0, 0.1) is 50.4 Å². The summed E-state index contributed by atoms with van der Waals surface area (Å²) in [5.74, 6) is -2.67. The van der Waals surface area contributed by atoms with Gasteiger partial charge in [-0.25, -0.2) is 0 Å². The minimum atomic E-state index is -4.02. The van der Waals surface area contributed by atoms with E-state index in [4.69, 9.17) is 91.7 Å². The van der Waals surface area contributed by atoms with E-state index >= 15 is 0 Å². The molecule has 0 aliphatic rings. The third-order valence-corrected chi connectivity index (χ3v) is 19.7. The van der Waals surface area contributed by atoms with Gasteiger partial charge in [0.15, 0.2) is 0 Å². The van der Waals surface area contributed by atoms with Crippen LogP contribution in [0.2, 0.25) is 0 Å². The molecule has 132 heavy (non-hydrogen) atoms. The minimum absolute atomic E-state index is 0. The Morgan fingerprint density at radius 1 is 0.265 bits per heavy atom. The van der Waals surface area contributed by atoms with Gasteiger partial charge in [0.25, 0.3) is 30.4 Å². The number of ether oxygens (including phenoxy) is 8. The van der Waals surface area contributed by atoms with Gasteiger partial charge in [0.1, 0.15) is 107 Å². The molecule has 0 saturated carbocycles.